The zero-order chi connectivity index (χ0) is 31.3. The van der Waals surface area contributed by atoms with Gasteiger partial charge < -0.3 is 20.5 Å². The molecule has 4 aromatic carbocycles. The van der Waals surface area contributed by atoms with Crippen LogP contribution < -0.4 is 15.6 Å². The summed E-state index contributed by atoms with van der Waals surface area (Å²) < 4.78 is 5.70. The summed E-state index contributed by atoms with van der Waals surface area (Å²) in [4.78, 5) is 26.0. The van der Waals surface area contributed by atoms with E-state index in [0.717, 1.165) is 66.0 Å². The summed E-state index contributed by atoms with van der Waals surface area (Å²) in [6.45, 7) is 3.23. The fraction of sp³-hybridized carbons (Fsp3) is 0.270. The first-order chi connectivity index (χ1) is 22.1. The molecule has 0 saturated carbocycles. The molecule has 1 heterocycles. The van der Waals surface area contributed by atoms with Crippen LogP contribution in [0.25, 0.3) is 11.1 Å². The Balaban J connectivity index is 1.07. The fourth-order valence-electron chi connectivity index (χ4n) is 5.35. The zero-order valence-electron chi connectivity index (χ0n) is 25.5. The van der Waals surface area contributed by atoms with Crippen LogP contribution in [0.1, 0.15) is 36.0 Å². The summed E-state index contributed by atoms with van der Waals surface area (Å²) in [5.41, 5.74) is 6.11. The zero-order valence-corrected chi connectivity index (χ0v) is 25.5. The van der Waals surface area contributed by atoms with E-state index < -0.39 is 6.09 Å². The van der Waals surface area contributed by atoms with E-state index in [1.807, 2.05) is 83.9 Å². The highest BCUT2D eigenvalue weighted by molar-refractivity contribution is 5.93. The summed E-state index contributed by atoms with van der Waals surface area (Å²) in [6.07, 6.45) is 4.57. The summed E-state index contributed by atoms with van der Waals surface area (Å²) >= 11 is 0. The molecule has 233 valence electrons. The maximum atomic E-state index is 13.5. The maximum absolute atomic E-state index is 13.5. The third-order valence-corrected chi connectivity index (χ3v) is 7.76. The predicted molar refractivity (Wildman–Crippen MR) is 177 cm³/mol. The Morgan fingerprint density at radius 2 is 1.40 bits per heavy atom. The number of aryl methyl sites for hydroxylation is 1. The molecule has 0 atom stereocenters. The molecular formula is C37H41N4O4. The van der Waals surface area contributed by atoms with Gasteiger partial charge in [0.15, 0.2) is 0 Å². The number of carbonyl (C=O) groups is 2. The Bertz CT molecular complexity index is 1500. The average Bonchev–Trinajstić information content (AvgIpc) is 3.08. The number of anilines is 1. The van der Waals surface area contributed by atoms with Crippen molar-refractivity contribution < 1.29 is 19.4 Å². The minimum Gasteiger partial charge on any atom is -0.508 e. The summed E-state index contributed by atoms with van der Waals surface area (Å²) in [7, 11) is 0. The summed E-state index contributed by atoms with van der Waals surface area (Å²) in [5, 5.41) is 19.4. The number of hydrogen-bond donors (Lipinski definition) is 3. The minimum absolute atomic E-state index is 0.0801. The van der Waals surface area contributed by atoms with E-state index in [4.69, 9.17) is 4.74 Å². The second kappa shape index (κ2) is 16.4. The highest BCUT2D eigenvalue weighted by atomic mass is 16.6. The lowest BCUT2D eigenvalue weighted by Crippen LogP contribution is -2.50. The van der Waals surface area contributed by atoms with Crippen molar-refractivity contribution in [1.82, 2.24) is 15.6 Å². The molecule has 0 spiro atoms. The first-order valence-electron chi connectivity index (χ1n) is 15.6. The standard InChI is InChI=1S/C37H41N4O4/c42-33-20-17-31(18-21-33)28-38-27-30-15-13-29(14-16-30)19-22-36(43)39-23-26-45-37(44)41(40-24-7-2-8-25-40)35-12-6-5-11-34(35)32-9-3-1-4-10-32/h1-6,9-18,20-21,38,42H,7-8,19,22-28H2,(H,39,43). The van der Waals surface area contributed by atoms with Crippen molar-refractivity contribution in [1.29, 1.82) is 0 Å². The Morgan fingerprint density at radius 3 is 2.11 bits per heavy atom. The second-order valence-corrected chi connectivity index (χ2v) is 11.1. The number of hydrogen-bond acceptors (Lipinski definition) is 6. The number of phenols is 1. The Labute approximate surface area is 265 Å². The van der Waals surface area contributed by atoms with Crippen LogP contribution in [-0.2, 0) is 29.0 Å². The van der Waals surface area contributed by atoms with Crippen molar-refractivity contribution in [3.05, 3.63) is 126 Å². The number of nitrogens with zero attached hydrogens (tertiary/aromatic N) is 2. The molecule has 1 fully saturated rings. The number of aromatic hydroxyl groups is 1. The van der Waals surface area contributed by atoms with Gasteiger partial charge >= 0.3 is 6.09 Å². The lowest BCUT2D eigenvalue weighted by atomic mass is 10.0. The molecule has 1 saturated heterocycles. The van der Waals surface area contributed by atoms with Crippen LogP contribution >= 0.6 is 0 Å². The Hall–Kier alpha value is -4.66. The van der Waals surface area contributed by atoms with Crippen LogP contribution in [0.3, 0.4) is 0 Å². The quantitative estimate of drug-likeness (QED) is 0.156. The van der Waals surface area contributed by atoms with Gasteiger partial charge in [0.05, 0.1) is 12.2 Å². The highest BCUT2D eigenvalue weighted by Crippen LogP contribution is 2.33. The molecule has 0 bridgehead atoms. The third-order valence-electron chi connectivity index (χ3n) is 7.76. The molecule has 3 N–H and O–H groups in total. The van der Waals surface area contributed by atoms with Crippen molar-refractivity contribution in [2.75, 3.05) is 31.3 Å². The fourth-order valence-corrected chi connectivity index (χ4v) is 5.35. The monoisotopic (exact) mass is 605 g/mol. The molecular weight excluding hydrogens is 564 g/mol. The highest BCUT2D eigenvalue weighted by Gasteiger charge is 2.28. The molecule has 4 aromatic rings. The molecule has 2 amide bonds. The van der Waals surface area contributed by atoms with Gasteiger partial charge in [0.2, 0.25) is 5.91 Å². The van der Waals surface area contributed by atoms with Crippen LogP contribution in [0, 0.1) is 6.42 Å². The molecule has 1 radical (unpaired) electrons. The van der Waals surface area contributed by atoms with Crippen LogP contribution in [0.2, 0.25) is 0 Å². The average molecular weight is 606 g/mol. The third kappa shape index (κ3) is 9.41. The van der Waals surface area contributed by atoms with Crippen molar-refractivity contribution in [3.63, 3.8) is 0 Å². The molecule has 45 heavy (non-hydrogen) atoms. The first-order valence-corrected chi connectivity index (χ1v) is 15.6. The van der Waals surface area contributed by atoms with Gasteiger partial charge in [0.1, 0.15) is 12.4 Å². The van der Waals surface area contributed by atoms with E-state index in [2.05, 4.69) is 29.2 Å². The van der Waals surface area contributed by atoms with Crippen molar-refractivity contribution in [3.8, 4) is 16.9 Å². The van der Waals surface area contributed by atoms with Gasteiger partial charge in [0, 0.05) is 38.2 Å². The van der Waals surface area contributed by atoms with Gasteiger partial charge in [-0.3, -0.25) is 4.79 Å². The van der Waals surface area contributed by atoms with Crippen LogP contribution in [0.15, 0.2) is 103 Å². The van der Waals surface area contributed by atoms with E-state index in [1.165, 1.54) is 0 Å². The number of carbonyl (C=O) groups excluding carboxylic acids is 2. The molecule has 0 aliphatic carbocycles. The van der Waals surface area contributed by atoms with Gasteiger partial charge in [-0.05, 0) is 66.1 Å². The van der Waals surface area contributed by atoms with Gasteiger partial charge in [-0.2, -0.15) is 0 Å². The minimum atomic E-state index is -0.452. The van der Waals surface area contributed by atoms with Gasteiger partial charge in [-0.15, -0.1) is 0 Å². The van der Waals surface area contributed by atoms with E-state index in [9.17, 15) is 14.7 Å². The molecule has 8 nitrogen and oxygen atoms in total. The number of amides is 2. The Kier molecular flexibility index (Phi) is 11.6. The number of phenolic OH excluding ortho intramolecular Hbond substituents is 1. The van der Waals surface area contributed by atoms with E-state index >= 15 is 0 Å². The van der Waals surface area contributed by atoms with Crippen molar-refractivity contribution >= 4 is 17.7 Å². The predicted octanol–water partition coefficient (Wildman–Crippen LogP) is 6.26. The van der Waals surface area contributed by atoms with E-state index in [-0.39, 0.29) is 24.8 Å². The summed E-state index contributed by atoms with van der Waals surface area (Å²) in [5.74, 6) is 0.185. The van der Waals surface area contributed by atoms with Crippen LogP contribution in [-0.4, -0.2) is 48.4 Å². The van der Waals surface area contributed by atoms with Crippen LogP contribution in [0.4, 0.5) is 10.5 Å². The molecule has 5 rings (SSSR count). The number of para-hydroxylation sites is 1. The van der Waals surface area contributed by atoms with Gasteiger partial charge in [0.25, 0.3) is 0 Å². The second-order valence-electron chi connectivity index (χ2n) is 11.1. The molecule has 8 heteroatoms. The number of benzene rings is 4. The van der Waals surface area contributed by atoms with Crippen molar-refractivity contribution in [2.45, 2.75) is 38.8 Å². The van der Waals surface area contributed by atoms with Crippen LogP contribution in [0.5, 0.6) is 5.75 Å². The lowest BCUT2D eigenvalue weighted by molar-refractivity contribution is -0.121. The number of nitrogens with one attached hydrogen (secondary N) is 2. The summed E-state index contributed by atoms with van der Waals surface area (Å²) in [6, 6.07) is 33.3. The number of ether oxygens (including phenoxy) is 1. The SMILES string of the molecule is O=C(CCc1ccc(CNCc2ccc(O)cc2)cc1)NCCOC(=O)N(c1ccccc1-c1ccccc1)N1CC[CH]CC1. The Morgan fingerprint density at radius 1 is 0.778 bits per heavy atom. The molecule has 0 aromatic heterocycles. The molecule has 0 unspecified atom stereocenters. The van der Waals surface area contributed by atoms with Gasteiger partial charge in [-0.25, -0.2) is 14.8 Å². The maximum Gasteiger partial charge on any atom is 0.429 e. The topological polar surface area (TPSA) is 94.1 Å². The molecule has 1 aliphatic heterocycles. The largest absolute Gasteiger partial charge is 0.508 e. The molecule has 1 aliphatic rings. The van der Waals surface area contributed by atoms with Gasteiger partial charge in [-0.1, -0.05) is 84.9 Å². The number of hydrazine groups is 1. The lowest BCUT2D eigenvalue weighted by Gasteiger charge is -2.37. The number of rotatable bonds is 13. The normalized spacial score (nSPS) is 13.2. The van der Waals surface area contributed by atoms with Crippen molar-refractivity contribution in [2.24, 2.45) is 0 Å². The first kappa shape index (κ1) is 31.8. The smallest absolute Gasteiger partial charge is 0.429 e. The van der Waals surface area contributed by atoms with E-state index in [0.29, 0.717) is 19.4 Å². The number of piperidine rings is 1. The van der Waals surface area contributed by atoms with E-state index in [1.54, 1.807) is 17.1 Å².